The fraction of sp³-hybridized carbons (Fsp3) is 0.471. The molecule has 1 heterocycles. The van der Waals surface area contributed by atoms with Gasteiger partial charge in [-0.2, -0.15) is 0 Å². The molecule has 0 aliphatic carbocycles. The highest BCUT2D eigenvalue weighted by atomic mass is 16.6. The standard InChI is InChI=1S/C17H24N2O2/c1-12-13-8-6-7-9-14(13)19(5)15(12)10-18-11-16(20)21-17(2,3)4/h6-9,18H,10-11H2,1-5H3. The average Bonchev–Trinajstić information content (AvgIpc) is 2.62. The number of nitrogens with zero attached hydrogens (tertiary/aromatic N) is 1. The first-order valence-corrected chi connectivity index (χ1v) is 7.25. The number of hydrogen-bond acceptors (Lipinski definition) is 3. The molecule has 0 saturated heterocycles. The van der Waals surface area contributed by atoms with Gasteiger partial charge in [-0.3, -0.25) is 4.79 Å². The van der Waals surface area contributed by atoms with Gasteiger partial charge in [-0.05, 0) is 39.3 Å². The Morgan fingerprint density at radius 2 is 1.95 bits per heavy atom. The summed E-state index contributed by atoms with van der Waals surface area (Å²) in [6.45, 7) is 8.61. The van der Waals surface area contributed by atoms with Crippen LogP contribution in [-0.4, -0.2) is 22.7 Å². The van der Waals surface area contributed by atoms with Crippen LogP contribution in [0.25, 0.3) is 10.9 Å². The fourth-order valence-electron chi connectivity index (χ4n) is 2.55. The zero-order chi connectivity index (χ0) is 15.6. The van der Waals surface area contributed by atoms with Crippen LogP contribution in [0.3, 0.4) is 0 Å². The molecule has 0 amide bonds. The highest BCUT2D eigenvalue weighted by Gasteiger charge is 2.16. The number of esters is 1. The van der Waals surface area contributed by atoms with Crippen molar-refractivity contribution >= 4 is 16.9 Å². The number of para-hydroxylation sites is 1. The quantitative estimate of drug-likeness (QED) is 0.880. The summed E-state index contributed by atoms with van der Waals surface area (Å²) in [5, 5.41) is 4.43. The second-order valence-corrected chi connectivity index (χ2v) is 6.34. The Bertz CT molecular complexity index is 612. The zero-order valence-corrected chi connectivity index (χ0v) is 13.5. The Labute approximate surface area is 126 Å². The van der Waals surface area contributed by atoms with Gasteiger partial charge in [-0.15, -0.1) is 0 Å². The van der Waals surface area contributed by atoms with Gasteiger partial charge in [-0.1, -0.05) is 18.2 Å². The molecule has 0 radical (unpaired) electrons. The molecule has 4 heteroatoms. The van der Waals surface area contributed by atoms with Gasteiger partial charge in [0, 0.05) is 30.2 Å². The van der Waals surface area contributed by atoms with Gasteiger partial charge >= 0.3 is 5.97 Å². The van der Waals surface area contributed by atoms with E-state index in [0.29, 0.717) is 6.54 Å². The van der Waals surface area contributed by atoms with E-state index in [-0.39, 0.29) is 12.5 Å². The molecule has 0 unspecified atom stereocenters. The van der Waals surface area contributed by atoms with E-state index in [1.807, 2.05) is 32.9 Å². The second kappa shape index (κ2) is 5.90. The van der Waals surface area contributed by atoms with E-state index in [9.17, 15) is 4.79 Å². The Kier molecular flexibility index (Phi) is 4.37. The lowest BCUT2D eigenvalue weighted by molar-refractivity contribution is -0.153. The van der Waals surface area contributed by atoms with Gasteiger partial charge < -0.3 is 14.6 Å². The third-order valence-electron chi connectivity index (χ3n) is 3.49. The lowest BCUT2D eigenvalue weighted by Crippen LogP contribution is -2.31. The van der Waals surface area contributed by atoms with Crippen LogP contribution in [0.5, 0.6) is 0 Å². The molecule has 0 fully saturated rings. The predicted molar refractivity (Wildman–Crippen MR) is 85.2 cm³/mol. The summed E-state index contributed by atoms with van der Waals surface area (Å²) in [5.74, 6) is -0.223. The number of aromatic nitrogens is 1. The van der Waals surface area contributed by atoms with E-state index in [2.05, 4.69) is 36.0 Å². The third kappa shape index (κ3) is 3.64. The molecule has 2 aromatic rings. The van der Waals surface area contributed by atoms with Crippen molar-refractivity contribution < 1.29 is 9.53 Å². The molecule has 1 N–H and O–H groups in total. The van der Waals surface area contributed by atoms with Crippen molar-refractivity contribution in [2.45, 2.75) is 39.8 Å². The lowest BCUT2D eigenvalue weighted by Gasteiger charge is -2.19. The Balaban J connectivity index is 2.03. The normalized spacial score (nSPS) is 11.9. The monoisotopic (exact) mass is 288 g/mol. The van der Waals surface area contributed by atoms with Gasteiger partial charge in [-0.25, -0.2) is 0 Å². The number of nitrogens with one attached hydrogen (secondary N) is 1. The van der Waals surface area contributed by atoms with Crippen LogP contribution in [0, 0.1) is 6.92 Å². The lowest BCUT2D eigenvalue weighted by atomic mass is 10.1. The van der Waals surface area contributed by atoms with Crippen LogP contribution in [0.2, 0.25) is 0 Å². The summed E-state index contributed by atoms with van der Waals surface area (Å²) in [6.07, 6.45) is 0. The predicted octanol–water partition coefficient (Wildman–Crippen LogP) is 2.92. The highest BCUT2D eigenvalue weighted by molar-refractivity contribution is 5.85. The van der Waals surface area contributed by atoms with Gasteiger partial charge in [0.05, 0.1) is 6.54 Å². The molecule has 0 spiro atoms. The molecular formula is C17H24N2O2. The number of ether oxygens (including phenoxy) is 1. The number of fused-ring (bicyclic) bond motifs is 1. The number of rotatable bonds is 4. The Hall–Kier alpha value is -1.81. The number of benzene rings is 1. The van der Waals surface area contributed by atoms with Crippen molar-refractivity contribution in [2.75, 3.05) is 6.54 Å². The minimum Gasteiger partial charge on any atom is -0.459 e. The van der Waals surface area contributed by atoms with Crippen LogP contribution in [0.4, 0.5) is 0 Å². The average molecular weight is 288 g/mol. The van der Waals surface area contributed by atoms with Crippen LogP contribution in [0.15, 0.2) is 24.3 Å². The Morgan fingerprint density at radius 1 is 1.29 bits per heavy atom. The van der Waals surface area contributed by atoms with Crippen molar-refractivity contribution in [1.29, 1.82) is 0 Å². The van der Waals surface area contributed by atoms with Gasteiger partial charge in [0.1, 0.15) is 5.60 Å². The van der Waals surface area contributed by atoms with E-state index < -0.39 is 5.60 Å². The molecule has 0 aliphatic heterocycles. The molecule has 1 aromatic heterocycles. The van der Waals surface area contributed by atoms with E-state index in [4.69, 9.17) is 4.74 Å². The largest absolute Gasteiger partial charge is 0.459 e. The maximum Gasteiger partial charge on any atom is 0.320 e. The molecule has 2 rings (SSSR count). The maximum absolute atomic E-state index is 11.7. The van der Waals surface area contributed by atoms with Crippen LogP contribution in [-0.2, 0) is 23.1 Å². The topological polar surface area (TPSA) is 43.3 Å². The summed E-state index contributed by atoms with van der Waals surface area (Å²) in [6, 6.07) is 8.33. The van der Waals surface area contributed by atoms with Crippen molar-refractivity contribution in [2.24, 2.45) is 7.05 Å². The summed E-state index contributed by atoms with van der Waals surface area (Å²) in [4.78, 5) is 11.7. The highest BCUT2D eigenvalue weighted by Crippen LogP contribution is 2.24. The first kappa shape index (κ1) is 15.6. The van der Waals surface area contributed by atoms with Gasteiger partial charge in [0.25, 0.3) is 0 Å². The van der Waals surface area contributed by atoms with Crippen molar-refractivity contribution in [1.82, 2.24) is 9.88 Å². The smallest absolute Gasteiger partial charge is 0.320 e. The molecule has 0 saturated carbocycles. The van der Waals surface area contributed by atoms with Gasteiger partial charge in [0.15, 0.2) is 0 Å². The summed E-state index contributed by atoms with van der Waals surface area (Å²) in [7, 11) is 2.06. The van der Waals surface area contributed by atoms with E-state index in [1.54, 1.807) is 0 Å². The number of carbonyl (C=O) groups is 1. The van der Waals surface area contributed by atoms with Crippen molar-refractivity contribution in [3.05, 3.63) is 35.5 Å². The molecule has 0 atom stereocenters. The molecule has 4 nitrogen and oxygen atoms in total. The van der Waals surface area contributed by atoms with Crippen LogP contribution in [0.1, 0.15) is 32.0 Å². The first-order valence-electron chi connectivity index (χ1n) is 7.25. The van der Waals surface area contributed by atoms with Crippen LogP contribution < -0.4 is 5.32 Å². The minimum atomic E-state index is -0.436. The van der Waals surface area contributed by atoms with Gasteiger partial charge in [0.2, 0.25) is 0 Å². The molecule has 114 valence electrons. The van der Waals surface area contributed by atoms with E-state index >= 15 is 0 Å². The number of aryl methyl sites for hydroxylation is 2. The summed E-state index contributed by atoms with van der Waals surface area (Å²) >= 11 is 0. The molecular weight excluding hydrogens is 264 g/mol. The summed E-state index contributed by atoms with van der Waals surface area (Å²) in [5.41, 5.74) is 3.22. The molecule has 0 bridgehead atoms. The molecule has 21 heavy (non-hydrogen) atoms. The fourth-order valence-corrected chi connectivity index (χ4v) is 2.55. The molecule has 0 aliphatic rings. The zero-order valence-electron chi connectivity index (χ0n) is 13.5. The number of carbonyl (C=O) groups excluding carboxylic acids is 1. The number of hydrogen-bond donors (Lipinski definition) is 1. The van der Waals surface area contributed by atoms with Crippen molar-refractivity contribution in [3.63, 3.8) is 0 Å². The Morgan fingerprint density at radius 3 is 2.57 bits per heavy atom. The first-order chi connectivity index (χ1) is 9.79. The van der Waals surface area contributed by atoms with Crippen molar-refractivity contribution in [3.8, 4) is 0 Å². The van der Waals surface area contributed by atoms with E-state index in [0.717, 1.165) is 0 Å². The SMILES string of the molecule is Cc1c(CNCC(=O)OC(C)(C)C)n(C)c2ccccc12. The summed E-state index contributed by atoms with van der Waals surface area (Å²) < 4.78 is 7.46. The second-order valence-electron chi connectivity index (χ2n) is 6.34. The minimum absolute atomic E-state index is 0.220. The van der Waals surface area contributed by atoms with E-state index in [1.165, 1.54) is 22.2 Å². The van der Waals surface area contributed by atoms with Crippen LogP contribution >= 0.6 is 0 Å². The third-order valence-corrected chi connectivity index (χ3v) is 3.49. The molecule has 1 aromatic carbocycles. The maximum atomic E-state index is 11.7.